The Bertz CT molecular complexity index is 743. The highest BCUT2D eigenvalue weighted by molar-refractivity contribution is 5.91. The Morgan fingerprint density at radius 2 is 1.89 bits per heavy atom. The molecule has 3 aliphatic heterocycles. The van der Waals surface area contributed by atoms with Crippen LogP contribution in [0, 0.1) is 5.92 Å². The van der Waals surface area contributed by atoms with Gasteiger partial charge < -0.3 is 24.1 Å². The van der Waals surface area contributed by atoms with Crippen LogP contribution in [0.15, 0.2) is 23.8 Å². The first kappa shape index (κ1) is 18.7. The molecule has 27 heavy (non-hydrogen) atoms. The number of fused-ring (bicyclic) bond motifs is 4. The quantitative estimate of drug-likeness (QED) is 0.441. The molecule has 0 amide bonds. The van der Waals surface area contributed by atoms with E-state index in [0.717, 1.165) is 0 Å². The Morgan fingerprint density at radius 1 is 1.26 bits per heavy atom. The van der Waals surface area contributed by atoms with Gasteiger partial charge in [0.25, 0.3) is 0 Å². The summed E-state index contributed by atoms with van der Waals surface area (Å²) >= 11 is 0. The molecule has 7 nitrogen and oxygen atoms in total. The fourth-order valence-electron chi connectivity index (χ4n) is 4.55. The molecule has 8 atom stereocenters. The van der Waals surface area contributed by atoms with Crippen molar-refractivity contribution in [3.05, 3.63) is 23.8 Å². The van der Waals surface area contributed by atoms with E-state index in [4.69, 9.17) is 18.9 Å². The molecule has 4 rings (SSSR count). The van der Waals surface area contributed by atoms with Gasteiger partial charge in [-0.25, -0.2) is 9.59 Å². The number of hydrogen-bond donors (Lipinski definition) is 1. The van der Waals surface area contributed by atoms with Gasteiger partial charge in [0.1, 0.15) is 24.4 Å². The number of aliphatic hydroxyl groups excluding tert-OH is 1. The second-order valence-corrected chi connectivity index (χ2v) is 8.51. The predicted octanol–water partition coefficient (Wildman–Crippen LogP) is 1.43. The molecule has 3 heterocycles. The maximum atomic E-state index is 12.4. The van der Waals surface area contributed by atoms with E-state index in [0.29, 0.717) is 18.4 Å². The zero-order valence-corrected chi connectivity index (χ0v) is 16.1. The first-order chi connectivity index (χ1) is 12.6. The van der Waals surface area contributed by atoms with E-state index in [1.165, 1.54) is 0 Å². The molecule has 0 aromatic rings. The molecule has 148 valence electrons. The third kappa shape index (κ3) is 2.92. The largest absolute Gasteiger partial charge is 0.458 e. The molecular weight excluding hydrogens is 352 g/mol. The summed E-state index contributed by atoms with van der Waals surface area (Å²) in [7, 11) is 0. The maximum Gasteiger partial charge on any atom is 0.334 e. The number of allylic oxidation sites excluding steroid dienone is 1. The van der Waals surface area contributed by atoms with Crippen LogP contribution in [0.4, 0.5) is 0 Å². The lowest BCUT2D eigenvalue weighted by Crippen LogP contribution is -2.43. The van der Waals surface area contributed by atoms with Crippen molar-refractivity contribution in [1.29, 1.82) is 0 Å². The fraction of sp³-hybridized carbons (Fsp3) is 0.700. The Kier molecular flexibility index (Phi) is 4.07. The molecule has 0 bridgehead atoms. The van der Waals surface area contributed by atoms with Crippen LogP contribution in [0.25, 0.3) is 0 Å². The lowest BCUT2D eigenvalue weighted by Gasteiger charge is -2.29. The van der Waals surface area contributed by atoms with Gasteiger partial charge in [0.2, 0.25) is 0 Å². The van der Waals surface area contributed by atoms with Crippen molar-refractivity contribution in [2.75, 3.05) is 0 Å². The summed E-state index contributed by atoms with van der Waals surface area (Å²) in [6.45, 7) is 11.1. The normalized spacial score (nSPS) is 48.7. The van der Waals surface area contributed by atoms with Crippen LogP contribution in [0.5, 0.6) is 0 Å². The van der Waals surface area contributed by atoms with Gasteiger partial charge in [0.05, 0.1) is 23.2 Å². The van der Waals surface area contributed by atoms with Crippen LogP contribution >= 0.6 is 0 Å². The van der Waals surface area contributed by atoms with Gasteiger partial charge >= 0.3 is 11.9 Å². The lowest BCUT2D eigenvalue weighted by atomic mass is 9.79. The van der Waals surface area contributed by atoms with Gasteiger partial charge in [0, 0.05) is 24.0 Å². The van der Waals surface area contributed by atoms with Crippen molar-refractivity contribution >= 4 is 11.9 Å². The molecule has 1 saturated carbocycles. The van der Waals surface area contributed by atoms with Crippen LogP contribution in [-0.4, -0.2) is 58.8 Å². The van der Waals surface area contributed by atoms with Crippen molar-refractivity contribution in [2.45, 2.75) is 82.3 Å². The molecular formula is C20H26O7. The monoisotopic (exact) mass is 378 g/mol. The van der Waals surface area contributed by atoms with Crippen LogP contribution < -0.4 is 0 Å². The van der Waals surface area contributed by atoms with Gasteiger partial charge in [-0.15, -0.1) is 0 Å². The van der Waals surface area contributed by atoms with Crippen LogP contribution in [0.3, 0.4) is 0 Å². The van der Waals surface area contributed by atoms with Crippen LogP contribution in [0.1, 0.15) is 40.5 Å². The third-order valence-corrected chi connectivity index (χ3v) is 6.43. The first-order valence-corrected chi connectivity index (χ1v) is 9.37. The minimum Gasteiger partial charge on any atom is -0.458 e. The third-order valence-electron chi connectivity index (χ3n) is 6.43. The standard InChI is InChI=1S/C20H26O7/c1-6-9(2)17(22)24-12-8-20(5)15(26-20)11(21)7-19(4)16(27-19)14-13(12)10(3)18(23)25-14/h6,11-16,21H,3,7-8H2,1-2,4-5H3/b9-6-/t11-,12-,13+,14-,15+,16+,19+,20-/m0/s1. The number of epoxide rings is 2. The summed E-state index contributed by atoms with van der Waals surface area (Å²) in [5.41, 5.74) is -0.477. The van der Waals surface area contributed by atoms with Crippen LogP contribution in [0.2, 0.25) is 0 Å². The van der Waals surface area contributed by atoms with E-state index in [1.807, 2.05) is 13.8 Å². The van der Waals surface area contributed by atoms with E-state index < -0.39 is 47.4 Å². The molecule has 0 radical (unpaired) electrons. The highest BCUT2D eigenvalue weighted by Crippen LogP contribution is 2.55. The Labute approximate surface area is 158 Å². The molecule has 3 saturated heterocycles. The number of aliphatic hydroxyl groups is 1. The number of hydrogen-bond acceptors (Lipinski definition) is 7. The molecule has 1 N–H and O–H groups in total. The summed E-state index contributed by atoms with van der Waals surface area (Å²) in [6, 6.07) is 0. The molecule has 0 aromatic carbocycles. The molecule has 4 fully saturated rings. The van der Waals surface area contributed by atoms with Crippen molar-refractivity contribution in [2.24, 2.45) is 5.92 Å². The zero-order chi connectivity index (χ0) is 19.7. The highest BCUT2D eigenvalue weighted by atomic mass is 16.7. The Hall–Kier alpha value is -1.70. The van der Waals surface area contributed by atoms with Gasteiger partial charge in [0.15, 0.2) is 0 Å². The molecule has 1 aliphatic carbocycles. The van der Waals surface area contributed by atoms with E-state index >= 15 is 0 Å². The molecule has 7 heteroatoms. The fourth-order valence-corrected chi connectivity index (χ4v) is 4.55. The number of ether oxygens (including phenoxy) is 4. The minimum atomic E-state index is -0.699. The second-order valence-electron chi connectivity index (χ2n) is 8.51. The average molecular weight is 378 g/mol. The molecule has 0 unspecified atom stereocenters. The second kappa shape index (κ2) is 5.90. The summed E-state index contributed by atoms with van der Waals surface area (Å²) < 4.78 is 23.0. The topological polar surface area (TPSA) is 97.9 Å². The van der Waals surface area contributed by atoms with E-state index in [1.54, 1.807) is 19.9 Å². The highest BCUT2D eigenvalue weighted by Gasteiger charge is 2.69. The van der Waals surface area contributed by atoms with Gasteiger partial charge in [-0.1, -0.05) is 12.7 Å². The first-order valence-electron chi connectivity index (χ1n) is 9.37. The average Bonchev–Trinajstić information content (AvgIpc) is 3.43. The SMILES string of the molecule is C=C1C(=O)O[C@H]2[C@H]1[C@@H](OC(=O)/C(C)=C\C)C[C@]1(C)O[C@@H]1[C@@H](O)C[C@@]1(C)O[C@H]21. The van der Waals surface area contributed by atoms with Gasteiger partial charge in [-0.2, -0.15) is 0 Å². The van der Waals surface area contributed by atoms with Crippen LogP contribution in [-0.2, 0) is 28.5 Å². The van der Waals surface area contributed by atoms with E-state index in [2.05, 4.69) is 6.58 Å². The predicted molar refractivity (Wildman–Crippen MR) is 93.6 cm³/mol. The van der Waals surface area contributed by atoms with Crippen molar-refractivity contribution < 1.29 is 33.6 Å². The molecule has 4 aliphatic rings. The number of carbonyl (C=O) groups excluding carboxylic acids is 2. The number of carbonyl (C=O) groups is 2. The smallest absolute Gasteiger partial charge is 0.334 e. The summed E-state index contributed by atoms with van der Waals surface area (Å²) in [5, 5.41) is 10.6. The Balaban J connectivity index is 1.69. The van der Waals surface area contributed by atoms with E-state index in [9.17, 15) is 14.7 Å². The maximum absolute atomic E-state index is 12.4. The minimum absolute atomic E-state index is 0.288. The summed E-state index contributed by atoms with van der Waals surface area (Å²) in [5.74, 6) is -1.45. The van der Waals surface area contributed by atoms with E-state index in [-0.39, 0.29) is 17.8 Å². The van der Waals surface area contributed by atoms with Crippen molar-refractivity contribution in [1.82, 2.24) is 0 Å². The molecule has 0 aromatic heterocycles. The van der Waals surface area contributed by atoms with Gasteiger partial charge in [-0.3, -0.25) is 0 Å². The summed E-state index contributed by atoms with van der Waals surface area (Å²) in [6.07, 6.45) is -0.261. The Morgan fingerprint density at radius 3 is 2.56 bits per heavy atom. The zero-order valence-electron chi connectivity index (χ0n) is 16.1. The van der Waals surface area contributed by atoms with Crippen molar-refractivity contribution in [3.63, 3.8) is 0 Å². The van der Waals surface area contributed by atoms with Gasteiger partial charge in [-0.05, 0) is 27.7 Å². The molecule has 0 spiro atoms. The van der Waals surface area contributed by atoms with Crippen molar-refractivity contribution in [3.8, 4) is 0 Å². The lowest BCUT2D eigenvalue weighted by molar-refractivity contribution is -0.149. The number of esters is 2. The summed E-state index contributed by atoms with van der Waals surface area (Å²) in [4.78, 5) is 24.7. The number of rotatable bonds is 2.